The Morgan fingerprint density at radius 1 is 1.14 bits per heavy atom. The van der Waals surface area contributed by atoms with E-state index < -0.39 is 0 Å². The van der Waals surface area contributed by atoms with Gasteiger partial charge in [0, 0.05) is 31.7 Å². The molecule has 3 heteroatoms. The third kappa shape index (κ3) is 3.14. The largest absolute Gasteiger partial charge is 0.347 e. The molecule has 0 saturated carbocycles. The van der Waals surface area contributed by atoms with Crippen molar-refractivity contribution in [3.05, 3.63) is 66.1 Å². The van der Waals surface area contributed by atoms with E-state index in [1.807, 2.05) is 18.5 Å². The van der Waals surface area contributed by atoms with Gasteiger partial charge in [0.25, 0.3) is 0 Å². The highest BCUT2D eigenvalue weighted by molar-refractivity contribution is 5.83. The summed E-state index contributed by atoms with van der Waals surface area (Å²) in [5, 5.41) is 4.74. The maximum absolute atomic E-state index is 4.19. The van der Waals surface area contributed by atoms with E-state index in [0.717, 1.165) is 26.1 Å². The lowest BCUT2D eigenvalue weighted by atomic mass is 10.1. The minimum Gasteiger partial charge on any atom is -0.347 e. The van der Waals surface area contributed by atoms with E-state index in [0.29, 0.717) is 0 Å². The van der Waals surface area contributed by atoms with Crippen molar-refractivity contribution in [2.75, 3.05) is 6.54 Å². The second-order valence-electron chi connectivity index (χ2n) is 5.26. The van der Waals surface area contributed by atoms with Gasteiger partial charge in [-0.05, 0) is 41.6 Å². The molecule has 0 saturated heterocycles. The molecule has 0 aliphatic carbocycles. The normalized spacial score (nSPS) is 11.1. The van der Waals surface area contributed by atoms with Gasteiger partial charge >= 0.3 is 0 Å². The molecule has 0 atom stereocenters. The van der Waals surface area contributed by atoms with Crippen molar-refractivity contribution in [1.29, 1.82) is 0 Å². The van der Waals surface area contributed by atoms with E-state index in [1.54, 1.807) is 0 Å². The number of hydrogen-bond acceptors (Lipinski definition) is 2. The van der Waals surface area contributed by atoms with Crippen LogP contribution in [0.1, 0.15) is 18.1 Å². The number of aryl methyl sites for hydroxylation is 2. The second-order valence-corrected chi connectivity index (χ2v) is 5.26. The predicted octanol–water partition coefficient (Wildman–Crippen LogP) is 3.39. The molecule has 3 aromatic rings. The average Bonchev–Trinajstić information content (AvgIpc) is 2.96. The Labute approximate surface area is 125 Å². The van der Waals surface area contributed by atoms with Gasteiger partial charge in [-0.25, -0.2) is 0 Å². The third-order valence-electron chi connectivity index (χ3n) is 3.80. The molecule has 2 heterocycles. The van der Waals surface area contributed by atoms with Crippen molar-refractivity contribution in [3.8, 4) is 0 Å². The molecule has 0 radical (unpaired) electrons. The van der Waals surface area contributed by atoms with E-state index in [2.05, 4.69) is 58.3 Å². The van der Waals surface area contributed by atoms with E-state index in [9.17, 15) is 0 Å². The standard InChI is InChI=1S/C18H21N3/c1-2-19-14-17-7-3-6-16-9-12-21(18(16)17)11-8-15-5-4-10-20-13-15/h3-7,9-10,12-13,19H,2,8,11,14H2,1H3. The predicted molar refractivity (Wildman–Crippen MR) is 87.3 cm³/mol. The summed E-state index contributed by atoms with van der Waals surface area (Å²) >= 11 is 0. The SMILES string of the molecule is CCNCc1cccc2ccn(CCc3cccnc3)c12. The highest BCUT2D eigenvalue weighted by Gasteiger charge is 2.06. The lowest BCUT2D eigenvalue weighted by Crippen LogP contribution is -2.13. The van der Waals surface area contributed by atoms with Gasteiger partial charge in [-0.2, -0.15) is 0 Å². The Hall–Kier alpha value is -2.13. The molecule has 0 amide bonds. The van der Waals surface area contributed by atoms with Crippen LogP contribution in [0.25, 0.3) is 10.9 Å². The molecule has 21 heavy (non-hydrogen) atoms. The van der Waals surface area contributed by atoms with E-state index in [4.69, 9.17) is 0 Å². The number of nitrogens with zero attached hydrogens (tertiary/aromatic N) is 2. The molecular formula is C18H21N3. The van der Waals surface area contributed by atoms with Crippen molar-refractivity contribution < 1.29 is 0 Å². The molecule has 2 aromatic heterocycles. The van der Waals surface area contributed by atoms with Crippen molar-refractivity contribution >= 4 is 10.9 Å². The molecule has 3 nitrogen and oxygen atoms in total. The Bertz CT molecular complexity index is 701. The van der Waals surface area contributed by atoms with Crippen molar-refractivity contribution in [3.63, 3.8) is 0 Å². The van der Waals surface area contributed by atoms with Crippen LogP contribution < -0.4 is 5.32 Å². The summed E-state index contributed by atoms with van der Waals surface area (Å²) in [7, 11) is 0. The zero-order valence-corrected chi connectivity index (χ0v) is 12.4. The monoisotopic (exact) mass is 279 g/mol. The summed E-state index contributed by atoms with van der Waals surface area (Å²) in [6.45, 7) is 5.04. The Kier molecular flexibility index (Phi) is 4.31. The van der Waals surface area contributed by atoms with Crippen LogP contribution in [0.2, 0.25) is 0 Å². The first-order valence-corrected chi connectivity index (χ1v) is 7.55. The van der Waals surface area contributed by atoms with Gasteiger partial charge in [0.15, 0.2) is 0 Å². The summed E-state index contributed by atoms with van der Waals surface area (Å²) in [6, 6.07) is 12.9. The summed E-state index contributed by atoms with van der Waals surface area (Å²) < 4.78 is 2.36. The minimum atomic E-state index is 0.921. The first-order chi connectivity index (χ1) is 10.4. The van der Waals surface area contributed by atoms with Crippen LogP contribution in [0.15, 0.2) is 55.0 Å². The lowest BCUT2D eigenvalue weighted by molar-refractivity contribution is 0.701. The highest BCUT2D eigenvalue weighted by Crippen LogP contribution is 2.21. The van der Waals surface area contributed by atoms with Crippen LogP contribution >= 0.6 is 0 Å². The average molecular weight is 279 g/mol. The Morgan fingerprint density at radius 3 is 2.90 bits per heavy atom. The number of nitrogens with one attached hydrogen (secondary N) is 1. The molecular weight excluding hydrogens is 258 g/mol. The van der Waals surface area contributed by atoms with Gasteiger partial charge in [-0.15, -0.1) is 0 Å². The fraction of sp³-hybridized carbons (Fsp3) is 0.278. The minimum absolute atomic E-state index is 0.921. The van der Waals surface area contributed by atoms with Gasteiger partial charge in [0.1, 0.15) is 0 Å². The summed E-state index contributed by atoms with van der Waals surface area (Å²) in [4.78, 5) is 4.19. The lowest BCUT2D eigenvalue weighted by Gasteiger charge is -2.10. The molecule has 0 aliphatic heterocycles. The summed E-state index contributed by atoms with van der Waals surface area (Å²) in [5.41, 5.74) is 4.00. The van der Waals surface area contributed by atoms with Crippen LogP contribution in [0.4, 0.5) is 0 Å². The second kappa shape index (κ2) is 6.55. The number of aromatic nitrogens is 2. The number of para-hydroxylation sites is 1. The van der Waals surface area contributed by atoms with Crippen LogP contribution in [-0.2, 0) is 19.5 Å². The molecule has 1 N–H and O–H groups in total. The molecule has 0 aliphatic rings. The zero-order chi connectivity index (χ0) is 14.5. The zero-order valence-electron chi connectivity index (χ0n) is 12.4. The van der Waals surface area contributed by atoms with Gasteiger partial charge in [0.2, 0.25) is 0 Å². The van der Waals surface area contributed by atoms with E-state index in [-0.39, 0.29) is 0 Å². The van der Waals surface area contributed by atoms with Crippen LogP contribution in [0.3, 0.4) is 0 Å². The first kappa shape index (κ1) is 13.8. The van der Waals surface area contributed by atoms with Gasteiger partial charge in [-0.1, -0.05) is 31.2 Å². The highest BCUT2D eigenvalue weighted by atomic mass is 15.0. The summed E-state index contributed by atoms with van der Waals surface area (Å²) in [6.07, 6.45) is 6.97. The molecule has 0 fully saturated rings. The number of fused-ring (bicyclic) bond motifs is 1. The Balaban J connectivity index is 1.84. The Morgan fingerprint density at radius 2 is 2.10 bits per heavy atom. The maximum Gasteiger partial charge on any atom is 0.0525 e. The smallest absolute Gasteiger partial charge is 0.0525 e. The van der Waals surface area contributed by atoms with Crippen molar-refractivity contribution in [1.82, 2.24) is 14.9 Å². The molecule has 3 rings (SSSR count). The van der Waals surface area contributed by atoms with Crippen LogP contribution in [0.5, 0.6) is 0 Å². The van der Waals surface area contributed by atoms with E-state index >= 15 is 0 Å². The van der Waals surface area contributed by atoms with E-state index in [1.165, 1.54) is 22.0 Å². The quantitative estimate of drug-likeness (QED) is 0.749. The van der Waals surface area contributed by atoms with Crippen molar-refractivity contribution in [2.24, 2.45) is 0 Å². The van der Waals surface area contributed by atoms with Gasteiger partial charge < -0.3 is 9.88 Å². The van der Waals surface area contributed by atoms with Gasteiger partial charge in [0.05, 0.1) is 5.52 Å². The number of pyridine rings is 1. The topological polar surface area (TPSA) is 29.9 Å². The third-order valence-corrected chi connectivity index (χ3v) is 3.80. The molecule has 0 bridgehead atoms. The fourth-order valence-electron chi connectivity index (χ4n) is 2.72. The molecule has 0 spiro atoms. The molecule has 0 unspecified atom stereocenters. The first-order valence-electron chi connectivity index (χ1n) is 7.55. The number of rotatable bonds is 6. The fourth-order valence-corrected chi connectivity index (χ4v) is 2.72. The van der Waals surface area contributed by atoms with Crippen LogP contribution in [-0.4, -0.2) is 16.1 Å². The van der Waals surface area contributed by atoms with Crippen molar-refractivity contribution in [2.45, 2.75) is 26.4 Å². The van der Waals surface area contributed by atoms with Gasteiger partial charge in [-0.3, -0.25) is 4.98 Å². The molecule has 1 aromatic carbocycles. The molecule has 108 valence electrons. The summed E-state index contributed by atoms with van der Waals surface area (Å²) in [5.74, 6) is 0. The maximum atomic E-state index is 4.19. The number of hydrogen-bond donors (Lipinski definition) is 1. The number of benzene rings is 1. The van der Waals surface area contributed by atoms with Crippen LogP contribution in [0, 0.1) is 0 Å².